The summed E-state index contributed by atoms with van der Waals surface area (Å²) in [6.07, 6.45) is 5.01. The molecule has 0 saturated heterocycles. The second-order valence-electron chi connectivity index (χ2n) is 6.25. The van der Waals surface area contributed by atoms with Crippen LogP contribution < -0.4 is 5.73 Å². The van der Waals surface area contributed by atoms with Gasteiger partial charge in [0.1, 0.15) is 0 Å². The smallest absolute Gasteiger partial charge is 0.0492 e. The predicted molar refractivity (Wildman–Crippen MR) is 72.7 cm³/mol. The van der Waals surface area contributed by atoms with Gasteiger partial charge in [0.15, 0.2) is 0 Å². The van der Waals surface area contributed by atoms with Gasteiger partial charge >= 0.3 is 0 Å². The highest BCUT2D eigenvalue weighted by atomic mass is 15.2. The van der Waals surface area contributed by atoms with Crippen LogP contribution in [0.25, 0.3) is 0 Å². The summed E-state index contributed by atoms with van der Waals surface area (Å²) in [5, 5.41) is 4.17. The Morgan fingerprint density at radius 2 is 2.06 bits per heavy atom. The van der Waals surface area contributed by atoms with E-state index in [1.54, 1.807) is 0 Å². The first-order valence-electron chi connectivity index (χ1n) is 6.53. The minimum atomic E-state index is 0.291. The van der Waals surface area contributed by atoms with Crippen LogP contribution in [0.15, 0.2) is 12.3 Å². The molecule has 0 aliphatic heterocycles. The number of nitrogens with zero attached hydrogens (tertiary/aromatic N) is 2. The molecule has 1 heterocycles. The van der Waals surface area contributed by atoms with Gasteiger partial charge in [-0.1, -0.05) is 27.7 Å². The molecule has 0 spiro atoms. The Hall–Kier alpha value is -0.830. The van der Waals surface area contributed by atoms with E-state index in [0.29, 0.717) is 17.4 Å². The molecule has 0 bridgehead atoms. The van der Waals surface area contributed by atoms with Gasteiger partial charge in [-0.05, 0) is 36.7 Å². The van der Waals surface area contributed by atoms with Crippen molar-refractivity contribution in [3.05, 3.63) is 18.0 Å². The van der Waals surface area contributed by atoms with Crippen LogP contribution in [-0.4, -0.2) is 15.8 Å². The summed E-state index contributed by atoms with van der Waals surface area (Å²) in [6.45, 7) is 9.15. The van der Waals surface area contributed by atoms with Crippen molar-refractivity contribution in [2.45, 2.75) is 53.0 Å². The van der Waals surface area contributed by atoms with Crippen molar-refractivity contribution in [3.63, 3.8) is 0 Å². The average Bonchev–Trinajstić information content (AvgIpc) is 2.59. The maximum atomic E-state index is 6.21. The van der Waals surface area contributed by atoms with Crippen LogP contribution in [0.4, 0.5) is 0 Å². The molecule has 0 radical (unpaired) electrons. The molecule has 1 aromatic rings. The van der Waals surface area contributed by atoms with Gasteiger partial charge in [-0.15, -0.1) is 0 Å². The highest BCUT2D eigenvalue weighted by Crippen LogP contribution is 2.29. The second kappa shape index (κ2) is 5.67. The molecule has 98 valence electrons. The summed E-state index contributed by atoms with van der Waals surface area (Å²) in [5.41, 5.74) is 7.83. The monoisotopic (exact) mass is 237 g/mol. The number of nitrogens with two attached hydrogens (primary N) is 1. The summed E-state index contributed by atoms with van der Waals surface area (Å²) >= 11 is 0. The van der Waals surface area contributed by atoms with Crippen LogP contribution >= 0.6 is 0 Å². The van der Waals surface area contributed by atoms with E-state index < -0.39 is 0 Å². The maximum Gasteiger partial charge on any atom is 0.0492 e. The van der Waals surface area contributed by atoms with Crippen molar-refractivity contribution >= 4 is 0 Å². The number of hydrogen-bond acceptors (Lipinski definition) is 2. The van der Waals surface area contributed by atoms with E-state index in [1.807, 2.05) is 17.9 Å². The van der Waals surface area contributed by atoms with Crippen molar-refractivity contribution in [2.24, 2.45) is 24.1 Å². The largest absolute Gasteiger partial charge is 0.328 e. The van der Waals surface area contributed by atoms with Crippen molar-refractivity contribution in [1.29, 1.82) is 0 Å². The first-order valence-corrected chi connectivity index (χ1v) is 6.53. The van der Waals surface area contributed by atoms with Crippen LogP contribution in [0.5, 0.6) is 0 Å². The summed E-state index contributed by atoms with van der Waals surface area (Å²) in [5.74, 6) is 0.657. The topological polar surface area (TPSA) is 43.8 Å². The average molecular weight is 237 g/mol. The van der Waals surface area contributed by atoms with Gasteiger partial charge in [-0.25, -0.2) is 0 Å². The second-order valence-corrected chi connectivity index (χ2v) is 6.25. The Kier molecular flexibility index (Phi) is 4.75. The molecule has 0 amide bonds. The fourth-order valence-electron chi connectivity index (χ4n) is 1.91. The lowest BCUT2D eigenvalue weighted by Gasteiger charge is -2.29. The van der Waals surface area contributed by atoms with Crippen molar-refractivity contribution in [2.75, 3.05) is 0 Å². The van der Waals surface area contributed by atoms with Crippen LogP contribution in [0.3, 0.4) is 0 Å². The van der Waals surface area contributed by atoms with E-state index in [0.717, 1.165) is 19.3 Å². The zero-order chi connectivity index (χ0) is 13.1. The fourth-order valence-corrected chi connectivity index (χ4v) is 1.91. The fraction of sp³-hybridized carbons (Fsp3) is 0.786. The summed E-state index contributed by atoms with van der Waals surface area (Å²) in [4.78, 5) is 0. The molecule has 0 fully saturated rings. The molecule has 1 aromatic heterocycles. The highest BCUT2D eigenvalue weighted by molar-refractivity contribution is 5.00. The summed E-state index contributed by atoms with van der Waals surface area (Å²) in [7, 11) is 1.98. The van der Waals surface area contributed by atoms with Crippen LogP contribution in [0, 0.1) is 11.3 Å². The number of rotatable bonds is 5. The number of aryl methyl sites for hydroxylation is 2. The van der Waals surface area contributed by atoms with E-state index in [4.69, 9.17) is 5.73 Å². The maximum absolute atomic E-state index is 6.21. The molecule has 0 aromatic carbocycles. The zero-order valence-corrected chi connectivity index (χ0v) is 11.9. The normalized spacial score (nSPS) is 15.9. The van der Waals surface area contributed by atoms with Gasteiger partial charge < -0.3 is 5.73 Å². The zero-order valence-electron chi connectivity index (χ0n) is 11.9. The first-order chi connectivity index (χ1) is 7.80. The van der Waals surface area contributed by atoms with E-state index in [1.165, 1.54) is 5.69 Å². The van der Waals surface area contributed by atoms with E-state index >= 15 is 0 Å². The molecule has 0 aliphatic rings. The van der Waals surface area contributed by atoms with Gasteiger partial charge in [0, 0.05) is 25.0 Å². The Bertz CT molecular complexity index is 335. The van der Waals surface area contributed by atoms with Crippen molar-refractivity contribution in [3.8, 4) is 0 Å². The third-order valence-electron chi connectivity index (χ3n) is 3.83. The molecule has 0 saturated carbocycles. The van der Waals surface area contributed by atoms with Gasteiger partial charge in [-0.2, -0.15) is 5.10 Å². The van der Waals surface area contributed by atoms with Gasteiger partial charge in [-0.3, -0.25) is 4.68 Å². The highest BCUT2D eigenvalue weighted by Gasteiger charge is 2.22. The van der Waals surface area contributed by atoms with Crippen molar-refractivity contribution < 1.29 is 0 Å². The molecule has 2 unspecified atom stereocenters. The van der Waals surface area contributed by atoms with Gasteiger partial charge in [0.2, 0.25) is 0 Å². The molecule has 3 heteroatoms. The Balaban J connectivity index is 2.36. The SMILES string of the molecule is CC(CC(N)CCc1ccnn1C)C(C)(C)C. The third-order valence-corrected chi connectivity index (χ3v) is 3.83. The van der Waals surface area contributed by atoms with Crippen LogP contribution in [0.1, 0.15) is 46.2 Å². The molecular formula is C14H27N3. The lowest BCUT2D eigenvalue weighted by atomic mass is 9.78. The first kappa shape index (κ1) is 14.2. The number of aromatic nitrogens is 2. The quantitative estimate of drug-likeness (QED) is 0.855. The Morgan fingerprint density at radius 3 is 2.53 bits per heavy atom. The number of hydrogen-bond donors (Lipinski definition) is 1. The van der Waals surface area contributed by atoms with Gasteiger partial charge in [0.25, 0.3) is 0 Å². The predicted octanol–water partition coefficient (Wildman–Crippen LogP) is 2.75. The van der Waals surface area contributed by atoms with E-state index in [-0.39, 0.29) is 0 Å². The lowest BCUT2D eigenvalue weighted by molar-refractivity contribution is 0.230. The standard InChI is InChI=1S/C14H27N3/c1-11(14(2,3)4)10-12(15)6-7-13-8-9-16-17(13)5/h8-9,11-12H,6-7,10,15H2,1-5H3. The Morgan fingerprint density at radius 1 is 1.41 bits per heavy atom. The molecule has 2 N–H and O–H groups in total. The third kappa shape index (κ3) is 4.50. The lowest BCUT2D eigenvalue weighted by Crippen LogP contribution is -2.29. The minimum absolute atomic E-state index is 0.291. The Labute approximate surface area is 105 Å². The minimum Gasteiger partial charge on any atom is -0.328 e. The van der Waals surface area contributed by atoms with E-state index in [2.05, 4.69) is 38.9 Å². The molecule has 0 aliphatic carbocycles. The summed E-state index contributed by atoms with van der Waals surface area (Å²) < 4.78 is 1.93. The molecule has 1 rings (SSSR count). The van der Waals surface area contributed by atoms with Gasteiger partial charge in [0.05, 0.1) is 0 Å². The molecule has 17 heavy (non-hydrogen) atoms. The summed E-state index contributed by atoms with van der Waals surface area (Å²) in [6, 6.07) is 2.36. The van der Waals surface area contributed by atoms with Crippen LogP contribution in [-0.2, 0) is 13.5 Å². The van der Waals surface area contributed by atoms with Crippen molar-refractivity contribution in [1.82, 2.24) is 9.78 Å². The molecular weight excluding hydrogens is 210 g/mol. The van der Waals surface area contributed by atoms with E-state index in [9.17, 15) is 0 Å². The molecule has 3 nitrogen and oxygen atoms in total. The van der Waals surface area contributed by atoms with Crippen LogP contribution in [0.2, 0.25) is 0 Å². The molecule has 2 atom stereocenters.